The first-order valence-electron chi connectivity index (χ1n) is 15.9. The van der Waals surface area contributed by atoms with Gasteiger partial charge in [0.25, 0.3) is 0 Å². The van der Waals surface area contributed by atoms with E-state index in [4.69, 9.17) is 15.0 Å². The van der Waals surface area contributed by atoms with Crippen LogP contribution < -0.4 is 0 Å². The first-order chi connectivity index (χ1) is 22.0. The van der Waals surface area contributed by atoms with Gasteiger partial charge in [-0.05, 0) is 55.8 Å². The third kappa shape index (κ3) is 6.74. The van der Waals surface area contributed by atoms with Gasteiger partial charge in [-0.15, -0.1) is 0 Å². The molecule has 0 atom stereocenters. The van der Waals surface area contributed by atoms with Crippen LogP contribution in [-0.4, -0.2) is 15.0 Å². The van der Waals surface area contributed by atoms with Crippen LogP contribution in [0.4, 0.5) is 0 Å². The summed E-state index contributed by atoms with van der Waals surface area (Å²) in [6.07, 6.45) is 1.87. The highest BCUT2D eigenvalue weighted by atomic mass is 15.0. The monoisotopic (exact) mass is 599 g/mol. The molecule has 0 saturated carbocycles. The van der Waals surface area contributed by atoms with E-state index in [0.29, 0.717) is 17.5 Å². The molecule has 0 spiro atoms. The second-order valence-corrected chi connectivity index (χ2v) is 13.9. The number of nitrogens with zero attached hydrogens (tertiary/aromatic N) is 3. The van der Waals surface area contributed by atoms with Gasteiger partial charge >= 0.3 is 0 Å². The molecule has 0 unspecified atom stereocenters. The zero-order chi connectivity index (χ0) is 32.5. The Kier molecular flexibility index (Phi) is 8.27. The number of benzene rings is 5. The van der Waals surface area contributed by atoms with E-state index in [9.17, 15) is 0 Å². The van der Waals surface area contributed by atoms with E-state index in [0.717, 1.165) is 33.4 Å². The van der Waals surface area contributed by atoms with Crippen LogP contribution in [0.3, 0.4) is 0 Å². The Balaban J connectivity index is 1.37. The highest BCUT2D eigenvalue weighted by molar-refractivity contribution is 5.75. The summed E-state index contributed by atoms with van der Waals surface area (Å²) in [5.74, 6) is 1.99. The number of hydrogen-bond donors (Lipinski definition) is 0. The smallest absolute Gasteiger partial charge is 0.164 e. The third-order valence-electron chi connectivity index (χ3n) is 8.47. The van der Waals surface area contributed by atoms with Crippen molar-refractivity contribution in [2.75, 3.05) is 0 Å². The molecular weight excluding hydrogens is 558 g/mol. The molecule has 3 heteroatoms. The molecular formula is C43H41N3. The van der Waals surface area contributed by atoms with E-state index < -0.39 is 0 Å². The Morgan fingerprint density at radius 1 is 0.413 bits per heavy atom. The lowest BCUT2D eigenvalue weighted by molar-refractivity contribution is 0.590. The molecule has 0 saturated heterocycles. The maximum atomic E-state index is 4.99. The van der Waals surface area contributed by atoms with Gasteiger partial charge in [-0.3, -0.25) is 0 Å². The fraction of sp³-hybridized carbons (Fsp3) is 0.186. The largest absolute Gasteiger partial charge is 0.208 e. The van der Waals surface area contributed by atoms with Gasteiger partial charge in [-0.25, -0.2) is 15.0 Å². The summed E-state index contributed by atoms with van der Waals surface area (Å²) >= 11 is 0. The van der Waals surface area contributed by atoms with Crippen molar-refractivity contribution in [2.45, 2.75) is 52.4 Å². The van der Waals surface area contributed by atoms with Crippen LogP contribution >= 0.6 is 0 Å². The van der Waals surface area contributed by atoms with Gasteiger partial charge in [0.05, 0.1) is 0 Å². The fourth-order valence-corrected chi connectivity index (χ4v) is 5.50. The summed E-state index contributed by atoms with van der Waals surface area (Å²) in [7, 11) is 0. The van der Waals surface area contributed by atoms with Crippen LogP contribution in [-0.2, 0) is 10.8 Å². The molecule has 0 aliphatic carbocycles. The van der Waals surface area contributed by atoms with Crippen LogP contribution in [0.2, 0.25) is 0 Å². The van der Waals surface area contributed by atoms with E-state index >= 15 is 0 Å². The zero-order valence-electron chi connectivity index (χ0n) is 27.7. The van der Waals surface area contributed by atoms with Gasteiger partial charge in [-0.2, -0.15) is 0 Å². The first-order valence-corrected chi connectivity index (χ1v) is 15.9. The highest BCUT2D eigenvalue weighted by Crippen LogP contribution is 2.31. The zero-order valence-corrected chi connectivity index (χ0v) is 27.7. The summed E-state index contributed by atoms with van der Waals surface area (Å²) < 4.78 is 0. The molecule has 0 aliphatic heterocycles. The Hall–Kier alpha value is -5.15. The molecule has 0 amide bonds. The van der Waals surface area contributed by atoms with Crippen LogP contribution in [0.5, 0.6) is 0 Å². The van der Waals surface area contributed by atoms with Crippen molar-refractivity contribution in [3.8, 4) is 56.4 Å². The molecule has 228 valence electrons. The minimum Gasteiger partial charge on any atom is -0.208 e. The average Bonchev–Trinajstić information content (AvgIpc) is 3.07. The highest BCUT2D eigenvalue weighted by Gasteiger charge is 2.17. The van der Waals surface area contributed by atoms with Crippen molar-refractivity contribution in [1.29, 1.82) is 0 Å². The molecule has 0 fully saturated rings. The normalized spacial score (nSPS) is 11.8. The van der Waals surface area contributed by atoms with Gasteiger partial charge in [0.2, 0.25) is 0 Å². The third-order valence-corrected chi connectivity index (χ3v) is 8.47. The standard InChI is InChI=1S/C43H41N3/c1-8-29-12-14-30(15-13-29)35-10-9-11-36(28-35)31-16-18-32(19-17-31)39-44-40(33-20-24-37(25-21-33)42(2,3)4)46-41(45-39)34-22-26-38(27-23-34)43(5,6)7/h8-28H,1H2,2-7H3. The van der Waals surface area contributed by atoms with E-state index in [1.54, 1.807) is 0 Å². The molecule has 0 N–H and O–H groups in total. The Morgan fingerprint density at radius 2 is 0.739 bits per heavy atom. The van der Waals surface area contributed by atoms with Gasteiger partial charge < -0.3 is 0 Å². The summed E-state index contributed by atoms with van der Waals surface area (Å²) in [4.78, 5) is 14.9. The summed E-state index contributed by atoms with van der Waals surface area (Å²) in [6.45, 7) is 17.2. The van der Waals surface area contributed by atoms with Crippen molar-refractivity contribution in [2.24, 2.45) is 0 Å². The van der Waals surface area contributed by atoms with Crippen LogP contribution in [0.1, 0.15) is 58.2 Å². The quantitative estimate of drug-likeness (QED) is 0.191. The number of hydrogen-bond acceptors (Lipinski definition) is 3. The Labute approximate surface area is 273 Å². The van der Waals surface area contributed by atoms with Crippen molar-refractivity contribution in [1.82, 2.24) is 15.0 Å². The molecule has 0 radical (unpaired) electrons. The van der Waals surface area contributed by atoms with Crippen LogP contribution in [0.15, 0.2) is 128 Å². The van der Waals surface area contributed by atoms with Gasteiger partial charge in [0.1, 0.15) is 0 Å². The maximum absolute atomic E-state index is 4.99. The Bertz CT molecular complexity index is 1890. The minimum absolute atomic E-state index is 0.0696. The number of rotatable bonds is 6. The molecule has 0 aliphatic rings. The minimum atomic E-state index is 0.0696. The molecule has 1 heterocycles. The van der Waals surface area contributed by atoms with Gasteiger partial charge in [0.15, 0.2) is 17.5 Å². The lowest BCUT2D eigenvalue weighted by Gasteiger charge is -2.19. The molecule has 6 rings (SSSR count). The lowest BCUT2D eigenvalue weighted by atomic mass is 9.86. The van der Waals surface area contributed by atoms with Crippen molar-refractivity contribution >= 4 is 6.08 Å². The van der Waals surface area contributed by atoms with Crippen LogP contribution in [0, 0.1) is 0 Å². The maximum Gasteiger partial charge on any atom is 0.164 e. The summed E-state index contributed by atoms with van der Waals surface area (Å²) in [5, 5.41) is 0. The van der Waals surface area contributed by atoms with E-state index in [1.165, 1.54) is 22.3 Å². The molecule has 6 aromatic rings. The molecule has 3 nitrogen and oxygen atoms in total. The summed E-state index contributed by atoms with van der Waals surface area (Å²) in [6, 6.07) is 42.8. The predicted octanol–water partition coefficient (Wildman–Crippen LogP) is 11.4. The van der Waals surface area contributed by atoms with E-state index in [2.05, 4.69) is 169 Å². The topological polar surface area (TPSA) is 38.7 Å². The molecule has 5 aromatic carbocycles. The average molecular weight is 600 g/mol. The summed E-state index contributed by atoms with van der Waals surface area (Å²) in [5.41, 5.74) is 11.3. The Morgan fingerprint density at radius 3 is 1.09 bits per heavy atom. The van der Waals surface area contributed by atoms with Gasteiger partial charge in [-0.1, -0.05) is 169 Å². The SMILES string of the molecule is C=Cc1ccc(-c2cccc(-c3ccc(-c4nc(-c5ccc(C(C)(C)C)cc5)nc(-c5ccc(C(C)(C)C)cc5)n4)cc3)c2)cc1. The first kappa shape index (κ1) is 30.9. The second-order valence-electron chi connectivity index (χ2n) is 13.9. The molecule has 1 aromatic heterocycles. The molecule has 0 bridgehead atoms. The van der Waals surface area contributed by atoms with Gasteiger partial charge in [0, 0.05) is 16.7 Å². The lowest BCUT2D eigenvalue weighted by Crippen LogP contribution is -2.10. The van der Waals surface area contributed by atoms with Crippen molar-refractivity contribution in [3.05, 3.63) is 145 Å². The fourth-order valence-electron chi connectivity index (χ4n) is 5.50. The van der Waals surface area contributed by atoms with E-state index in [1.807, 2.05) is 6.08 Å². The van der Waals surface area contributed by atoms with E-state index in [-0.39, 0.29) is 10.8 Å². The molecule has 46 heavy (non-hydrogen) atoms. The van der Waals surface area contributed by atoms with Crippen LogP contribution in [0.25, 0.3) is 62.5 Å². The number of aromatic nitrogens is 3. The second kappa shape index (κ2) is 12.3. The predicted molar refractivity (Wildman–Crippen MR) is 194 cm³/mol. The van der Waals surface area contributed by atoms with Crippen molar-refractivity contribution < 1.29 is 0 Å². The van der Waals surface area contributed by atoms with Crippen molar-refractivity contribution in [3.63, 3.8) is 0 Å².